The number of hydrogen-bond donors (Lipinski definition) is 2. The highest BCUT2D eigenvalue weighted by molar-refractivity contribution is 7.99. The summed E-state index contributed by atoms with van der Waals surface area (Å²) in [6.07, 6.45) is 0. The first-order valence-corrected chi connectivity index (χ1v) is 10.7. The van der Waals surface area contributed by atoms with E-state index in [1.54, 1.807) is 60.1 Å². The highest BCUT2D eigenvalue weighted by Gasteiger charge is 2.19. The molecular formula is C20H19Cl2N5O2S. The van der Waals surface area contributed by atoms with Gasteiger partial charge in [-0.15, -0.1) is 10.2 Å². The average Bonchev–Trinajstić information content (AvgIpc) is 3.09. The summed E-state index contributed by atoms with van der Waals surface area (Å²) in [4.78, 5) is 24.5. The van der Waals surface area contributed by atoms with Crippen LogP contribution in [0.1, 0.15) is 29.1 Å². The van der Waals surface area contributed by atoms with Gasteiger partial charge < -0.3 is 15.2 Å². The molecule has 2 aromatic carbocycles. The summed E-state index contributed by atoms with van der Waals surface area (Å²) < 4.78 is 1.76. The van der Waals surface area contributed by atoms with Crippen LogP contribution in [-0.4, -0.2) is 32.3 Å². The number of aromatic nitrogens is 3. The molecule has 0 fully saturated rings. The fraction of sp³-hybridized carbons (Fsp3) is 0.200. The molecule has 2 amide bonds. The fourth-order valence-electron chi connectivity index (χ4n) is 2.64. The quantitative estimate of drug-likeness (QED) is 0.508. The van der Waals surface area contributed by atoms with E-state index >= 15 is 0 Å². The SMILES string of the molecule is C[C@@H](NC(=O)c1ccc(Cl)cc1)c1nnc(SCC(=O)Nc2ccc(Cl)cc2)n1C. The molecule has 0 aliphatic rings. The molecule has 0 spiro atoms. The van der Waals surface area contributed by atoms with Crippen molar-refractivity contribution in [3.63, 3.8) is 0 Å². The summed E-state index contributed by atoms with van der Waals surface area (Å²) in [5.74, 6) is 0.340. The maximum Gasteiger partial charge on any atom is 0.251 e. The third-order valence-electron chi connectivity index (χ3n) is 4.17. The van der Waals surface area contributed by atoms with E-state index < -0.39 is 0 Å². The third-order valence-corrected chi connectivity index (χ3v) is 5.69. The minimum atomic E-state index is -0.372. The van der Waals surface area contributed by atoms with E-state index in [4.69, 9.17) is 23.2 Å². The van der Waals surface area contributed by atoms with Gasteiger partial charge >= 0.3 is 0 Å². The number of carbonyl (C=O) groups excluding carboxylic acids is 2. The number of rotatable bonds is 7. The van der Waals surface area contributed by atoms with Gasteiger partial charge in [-0.25, -0.2) is 0 Å². The van der Waals surface area contributed by atoms with E-state index in [9.17, 15) is 9.59 Å². The van der Waals surface area contributed by atoms with Crippen molar-refractivity contribution in [3.8, 4) is 0 Å². The van der Waals surface area contributed by atoms with Crippen LogP contribution in [0.3, 0.4) is 0 Å². The highest BCUT2D eigenvalue weighted by Crippen LogP contribution is 2.20. The summed E-state index contributed by atoms with van der Waals surface area (Å²) in [5, 5.41) is 15.7. The van der Waals surface area contributed by atoms with Crippen molar-refractivity contribution in [1.29, 1.82) is 0 Å². The molecule has 7 nitrogen and oxygen atoms in total. The van der Waals surface area contributed by atoms with E-state index in [1.165, 1.54) is 11.8 Å². The predicted molar refractivity (Wildman–Crippen MR) is 119 cm³/mol. The molecule has 30 heavy (non-hydrogen) atoms. The van der Waals surface area contributed by atoms with Gasteiger partial charge in [0, 0.05) is 28.3 Å². The molecule has 0 bridgehead atoms. The third kappa shape index (κ3) is 5.75. The lowest BCUT2D eigenvalue weighted by Gasteiger charge is -2.13. The van der Waals surface area contributed by atoms with Crippen molar-refractivity contribution in [2.45, 2.75) is 18.1 Å². The minimum absolute atomic E-state index is 0.167. The fourth-order valence-corrected chi connectivity index (χ4v) is 3.61. The Hall–Kier alpha value is -2.55. The van der Waals surface area contributed by atoms with Crippen LogP contribution in [-0.2, 0) is 11.8 Å². The zero-order valence-electron chi connectivity index (χ0n) is 16.2. The lowest BCUT2D eigenvalue weighted by Crippen LogP contribution is -2.28. The molecular weight excluding hydrogens is 445 g/mol. The predicted octanol–water partition coefficient (Wildman–Crippen LogP) is 4.34. The number of amides is 2. The zero-order chi connectivity index (χ0) is 21.7. The second-order valence-electron chi connectivity index (χ2n) is 6.45. The van der Waals surface area contributed by atoms with Gasteiger partial charge in [0.1, 0.15) is 0 Å². The number of halogens is 2. The first-order valence-electron chi connectivity index (χ1n) is 8.97. The number of nitrogens with zero attached hydrogens (tertiary/aromatic N) is 3. The second-order valence-corrected chi connectivity index (χ2v) is 8.26. The van der Waals surface area contributed by atoms with E-state index in [0.717, 1.165) is 0 Å². The Balaban J connectivity index is 1.56. The number of benzene rings is 2. The Morgan fingerprint density at radius 1 is 1.03 bits per heavy atom. The lowest BCUT2D eigenvalue weighted by molar-refractivity contribution is -0.113. The van der Waals surface area contributed by atoms with Crippen LogP contribution >= 0.6 is 35.0 Å². The number of hydrogen-bond acceptors (Lipinski definition) is 5. The summed E-state index contributed by atoms with van der Waals surface area (Å²) in [6.45, 7) is 1.82. The van der Waals surface area contributed by atoms with Crippen molar-refractivity contribution >= 4 is 52.5 Å². The first-order chi connectivity index (χ1) is 14.3. The molecule has 2 N–H and O–H groups in total. The van der Waals surface area contributed by atoms with Crippen molar-refractivity contribution < 1.29 is 9.59 Å². The van der Waals surface area contributed by atoms with Crippen molar-refractivity contribution in [3.05, 3.63) is 70.0 Å². The Kier molecular flexibility index (Phi) is 7.36. The largest absolute Gasteiger partial charge is 0.342 e. The zero-order valence-corrected chi connectivity index (χ0v) is 18.6. The second kappa shape index (κ2) is 9.97. The molecule has 0 aliphatic heterocycles. The van der Waals surface area contributed by atoms with Crippen molar-refractivity contribution in [1.82, 2.24) is 20.1 Å². The molecule has 10 heteroatoms. The van der Waals surface area contributed by atoms with Gasteiger partial charge in [0.05, 0.1) is 11.8 Å². The van der Waals surface area contributed by atoms with Gasteiger partial charge in [0.25, 0.3) is 5.91 Å². The summed E-state index contributed by atoms with van der Waals surface area (Å²) in [5.41, 5.74) is 1.17. The van der Waals surface area contributed by atoms with Crippen LogP contribution in [0, 0.1) is 0 Å². The van der Waals surface area contributed by atoms with Crippen molar-refractivity contribution in [2.24, 2.45) is 7.05 Å². The molecule has 1 atom stereocenters. The summed E-state index contributed by atoms with van der Waals surface area (Å²) >= 11 is 13.0. The number of anilines is 1. The maximum absolute atomic E-state index is 12.4. The minimum Gasteiger partial charge on any atom is -0.342 e. The van der Waals surface area contributed by atoms with Crippen LogP contribution in [0.2, 0.25) is 10.0 Å². The van der Waals surface area contributed by atoms with Gasteiger partial charge in [-0.2, -0.15) is 0 Å². The molecule has 3 rings (SSSR count). The van der Waals surface area contributed by atoms with E-state index in [-0.39, 0.29) is 23.6 Å². The number of thioether (sulfide) groups is 1. The molecule has 0 saturated heterocycles. The van der Waals surface area contributed by atoms with Crippen LogP contribution in [0.25, 0.3) is 0 Å². The Morgan fingerprint density at radius 2 is 1.63 bits per heavy atom. The van der Waals surface area contributed by atoms with Gasteiger partial charge in [0.2, 0.25) is 5.91 Å². The Bertz CT molecular complexity index is 1040. The molecule has 0 aliphatic carbocycles. The number of carbonyl (C=O) groups is 2. The number of nitrogens with one attached hydrogen (secondary N) is 2. The molecule has 0 unspecified atom stereocenters. The van der Waals surface area contributed by atoms with Gasteiger partial charge in [0.15, 0.2) is 11.0 Å². The highest BCUT2D eigenvalue weighted by atomic mass is 35.5. The standard InChI is InChI=1S/C20H19Cl2N5O2S/c1-12(23-19(29)13-3-5-14(21)6-4-13)18-25-26-20(27(18)2)30-11-17(28)24-16-9-7-15(22)8-10-16/h3-10,12H,11H2,1-2H3,(H,23,29)(H,24,28)/t12-/m1/s1. The molecule has 0 saturated carbocycles. The Morgan fingerprint density at radius 3 is 2.27 bits per heavy atom. The molecule has 156 valence electrons. The first kappa shape index (κ1) is 22.1. The molecule has 1 aromatic heterocycles. The van der Waals surface area contributed by atoms with E-state index in [0.29, 0.717) is 32.3 Å². The normalized spacial score (nSPS) is 11.7. The van der Waals surface area contributed by atoms with Gasteiger partial charge in [-0.3, -0.25) is 9.59 Å². The molecule has 1 heterocycles. The van der Waals surface area contributed by atoms with Crippen LogP contribution < -0.4 is 10.6 Å². The van der Waals surface area contributed by atoms with Gasteiger partial charge in [-0.05, 0) is 55.5 Å². The summed E-state index contributed by atoms with van der Waals surface area (Å²) in [6, 6.07) is 13.1. The molecule has 0 radical (unpaired) electrons. The van der Waals surface area contributed by atoms with E-state index in [1.807, 2.05) is 6.92 Å². The Labute approximate surface area is 188 Å². The average molecular weight is 464 g/mol. The smallest absolute Gasteiger partial charge is 0.251 e. The van der Waals surface area contributed by atoms with Crippen molar-refractivity contribution in [2.75, 3.05) is 11.1 Å². The topological polar surface area (TPSA) is 88.9 Å². The van der Waals surface area contributed by atoms with Gasteiger partial charge in [-0.1, -0.05) is 35.0 Å². The summed E-state index contributed by atoms with van der Waals surface area (Å²) in [7, 11) is 1.79. The van der Waals surface area contributed by atoms with Crippen LogP contribution in [0.4, 0.5) is 5.69 Å². The monoisotopic (exact) mass is 463 g/mol. The van der Waals surface area contributed by atoms with Crippen LogP contribution in [0.15, 0.2) is 53.7 Å². The maximum atomic E-state index is 12.4. The van der Waals surface area contributed by atoms with E-state index in [2.05, 4.69) is 20.8 Å². The lowest BCUT2D eigenvalue weighted by atomic mass is 10.2. The van der Waals surface area contributed by atoms with Crippen LogP contribution in [0.5, 0.6) is 0 Å². The molecule has 3 aromatic rings.